The summed E-state index contributed by atoms with van der Waals surface area (Å²) in [7, 11) is 5.98. The number of anilines is 1. The monoisotopic (exact) mass is 392 g/mol. The van der Waals surface area contributed by atoms with Gasteiger partial charge in [-0.2, -0.15) is 0 Å². The fourth-order valence-electron chi connectivity index (χ4n) is 3.92. The maximum absolute atomic E-state index is 12.5. The van der Waals surface area contributed by atoms with Gasteiger partial charge >= 0.3 is 0 Å². The predicted molar refractivity (Wildman–Crippen MR) is 108 cm³/mol. The van der Waals surface area contributed by atoms with E-state index in [-0.39, 0.29) is 24.7 Å². The number of carbonyl (C=O) groups excluding carboxylic acids is 1. The Labute approximate surface area is 166 Å². The van der Waals surface area contributed by atoms with Gasteiger partial charge in [0.25, 0.3) is 5.91 Å². The Balaban J connectivity index is 1.62. The van der Waals surface area contributed by atoms with Crippen molar-refractivity contribution in [3.05, 3.63) is 29.8 Å². The van der Waals surface area contributed by atoms with Gasteiger partial charge in [0, 0.05) is 58.1 Å². The number of aliphatic hydroxyl groups is 2. The van der Waals surface area contributed by atoms with E-state index in [2.05, 4.69) is 22.2 Å². The first-order chi connectivity index (χ1) is 13.4. The summed E-state index contributed by atoms with van der Waals surface area (Å²) in [4.78, 5) is 19.0. The van der Waals surface area contributed by atoms with Crippen molar-refractivity contribution >= 4 is 11.6 Å². The summed E-state index contributed by atoms with van der Waals surface area (Å²) in [6, 6.07) is 7.16. The van der Waals surface area contributed by atoms with Crippen LogP contribution in [0, 0.1) is 0 Å². The minimum Gasteiger partial charge on any atom is -0.394 e. The van der Waals surface area contributed by atoms with Gasteiger partial charge in [-0.1, -0.05) is 0 Å². The Morgan fingerprint density at radius 3 is 2.39 bits per heavy atom. The van der Waals surface area contributed by atoms with Crippen molar-refractivity contribution < 1.29 is 19.7 Å². The molecule has 8 nitrogen and oxygen atoms in total. The number of rotatable bonds is 6. The van der Waals surface area contributed by atoms with Gasteiger partial charge in [-0.25, -0.2) is 0 Å². The van der Waals surface area contributed by atoms with Crippen LogP contribution in [-0.4, -0.2) is 111 Å². The maximum Gasteiger partial charge on any atom is 0.251 e. The van der Waals surface area contributed by atoms with Gasteiger partial charge in [0.05, 0.1) is 18.8 Å². The predicted octanol–water partition coefficient (Wildman–Crippen LogP) is -0.781. The number of amides is 1. The van der Waals surface area contributed by atoms with Crippen LogP contribution in [-0.2, 0) is 4.74 Å². The number of hydrogen-bond acceptors (Lipinski definition) is 7. The summed E-state index contributed by atoms with van der Waals surface area (Å²) in [5, 5.41) is 23.1. The standard InChI is InChI=1S/C20H32N4O4/c1-22(2)15-6-4-14(5-7-15)20(27)21-12-16-18(19(26)17(13-25)28-16)24-10-8-23(3)9-11-24/h4-7,16-19,25-26H,8-13H2,1-3H3,(H,21,27)/t16-,17+,18+,19-/m1/s1. The van der Waals surface area contributed by atoms with Gasteiger partial charge in [-0.3, -0.25) is 9.69 Å². The molecule has 2 fully saturated rings. The third kappa shape index (κ3) is 4.64. The molecule has 0 radical (unpaired) electrons. The molecule has 0 aliphatic carbocycles. The highest BCUT2D eigenvalue weighted by Crippen LogP contribution is 2.26. The van der Waals surface area contributed by atoms with E-state index in [1.54, 1.807) is 12.1 Å². The van der Waals surface area contributed by atoms with Crippen LogP contribution in [0.4, 0.5) is 5.69 Å². The summed E-state index contributed by atoms with van der Waals surface area (Å²) in [5.41, 5.74) is 1.61. The first-order valence-electron chi connectivity index (χ1n) is 9.83. The highest BCUT2D eigenvalue weighted by Gasteiger charge is 2.46. The lowest BCUT2D eigenvalue weighted by molar-refractivity contribution is -0.0209. The van der Waals surface area contributed by atoms with Crippen molar-refractivity contribution in [1.82, 2.24) is 15.1 Å². The van der Waals surface area contributed by atoms with Gasteiger partial charge in [-0.05, 0) is 31.3 Å². The molecule has 156 valence electrons. The Hall–Kier alpha value is -1.71. The molecule has 1 amide bonds. The second-order valence-corrected chi connectivity index (χ2v) is 7.87. The molecule has 2 saturated heterocycles. The fourth-order valence-corrected chi connectivity index (χ4v) is 3.92. The third-order valence-corrected chi connectivity index (χ3v) is 5.71. The van der Waals surface area contributed by atoms with Gasteiger partial charge < -0.3 is 30.1 Å². The van der Waals surface area contributed by atoms with E-state index in [9.17, 15) is 15.0 Å². The van der Waals surface area contributed by atoms with Crippen molar-refractivity contribution in [3.8, 4) is 0 Å². The van der Waals surface area contributed by atoms with Crippen LogP contribution in [0.5, 0.6) is 0 Å². The van der Waals surface area contributed by atoms with E-state index < -0.39 is 12.2 Å². The summed E-state index contributed by atoms with van der Waals surface area (Å²) >= 11 is 0. The molecule has 2 heterocycles. The molecule has 3 N–H and O–H groups in total. The number of piperazine rings is 1. The first kappa shape index (κ1) is 21.0. The van der Waals surface area contributed by atoms with Crippen LogP contribution in [0.25, 0.3) is 0 Å². The minimum atomic E-state index is -0.769. The number of benzene rings is 1. The smallest absolute Gasteiger partial charge is 0.251 e. The van der Waals surface area contributed by atoms with Crippen LogP contribution in [0.2, 0.25) is 0 Å². The number of nitrogens with zero attached hydrogens (tertiary/aromatic N) is 3. The van der Waals surface area contributed by atoms with Crippen LogP contribution in [0.15, 0.2) is 24.3 Å². The van der Waals surface area contributed by atoms with Crippen molar-refractivity contribution in [3.63, 3.8) is 0 Å². The van der Waals surface area contributed by atoms with E-state index in [4.69, 9.17) is 4.74 Å². The summed E-state index contributed by atoms with van der Waals surface area (Å²) < 4.78 is 5.88. The van der Waals surface area contributed by atoms with Gasteiger partial charge in [0.2, 0.25) is 0 Å². The molecule has 0 spiro atoms. The van der Waals surface area contributed by atoms with E-state index in [1.807, 2.05) is 31.1 Å². The van der Waals surface area contributed by atoms with Gasteiger partial charge in [0.1, 0.15) is 12.2 Å². The van der Waals surface area contributed by atoms with Crippen molar-refractivity contribution in [2.45, 2.75) is 24.4 Å². The first-order valence-corrected chi connectivity index (χ1v) is 9.83. The number of likely N-dealkylation sites (N-methyl/N-ethyl adjacent to an activating group) is 1. The lowest BCUT2D eigenvalue weighted by Gasteiger charge is -2.39. The Bertz CT molecular complexity index is 646. The van der Waals surface area contributed by atoms with E-state index in [1.165, 1.54) is 0 Å². The molecule has 4 atom stereocenters. The minimum absolute atomic E-state index is 0.173. The van der Waals surface area contributed by atoms with Gasteiger partial charge in [0.15, 0.2) is 0 Å². The van der Waals surface area contributed by atoms with Crippen LogP contribution in [0.3, 0.4) is 0 Å². The number of carbonyl (C=O) groups is 1. The quantitative estimate of drug-likeness (QED) is 0.585. The topological polar surface area (TPSA) is 88.5 Å². The van der Waals surface area contributed by atoms with E-state index in [0.717, 1.165) is 31.9 Å². The maximum atomic E-state index is 12.5. The fraction of sp³-hybridized carbons (Fsp3) is 0.650. The molecule has 0 unspecified atom stereocenters. The molecule has 0 bridgehead atoms. The molecule has 3 rings (SSSR count). The molecule has 28 heavy (non-hydrogen) atoms. The van der Waals surface area contributed by atoms with Crippen LogP contribution < -0.4 is 10.2 Å². The molecule has 0 aromatic heterocycles. The number of hydrogen-bond donors (Lipinski definition) is 3. The molecule has 1 aromatic rings. The third-order valence-electron chi connectivity index (χ3n) is 5.71. The number of aliphatic hydroxyl groups excluding tert-OH is 2. The van der Waals surface area contributed by atoms with Gasteiger partial charge in [-0.15, -0.1) is 0 Å². The largest absolute Gasteiger partial charge is 0.394 e. The Kier molecular flexibility index (Phi) is 6.90. The van der Waals surface area contributed by atoms with Crippen molar-refractivity contribution in [2.24, 2.45) is 0 Å². The van der Waals surface area contributed by atoms with Crippen molar-refractivity contribution in [2.75, 3.05) is 65.4 Å². The summed E-state index contributed by atoms with van der Waals surface area (Å²) in [6.45, 7) is 3.56. The summed E-state index contributed by atoms with van der Waals surface area (Å²) in [6.07, 6.45) is -1.75. The Morgan fingerprint density at radius 1 is 1.18 bits per heavy atom. The Morgan fingerprint density at radius 2 is 1.82 bits per heavy atom. The molecular formula is C20H32N4O4. The average Bonchev–Trinajstić information content (AvgIpc) is 3.02. The second-order valence-electron chi connectivity index (χ2n) is 7.87. The number of ether oxygens (including phenoxy) is 1. The molecular weight excluding hydrogens is 360 g/mol. The second kappa shape index (κ2) is 9.19. The lowest BCUT2D eigenvalue weighted by Crippen LogP contribution is -2.56. The average molecular weight is 393 g/mol. The highest BCUT2D eigenvalue weighted by atomic mass is 16.5. The molecule has 0 saturated carbocycles. The molecule has 8 heteroatoms. The van der Waals surface area contributed by atoms with Crippen LogP contribution >= 0.6 is 0 Å². The zero-order chi connectivity index (χ0) is 20.3. The lowest BCUT2D eigenvalue weighted by atomic mass is 10.0. The van der Waals surface area contributed by atoms with Crippen LogP contribution in [0.1, 0.15) is 10.4 Å². The zero-order valence-electron chi connectivity index (χ0n) is 16.9. The van der Waals surface area contributed by atoms with E-state index >= 15 is 0 Å². The van der Waals surface area contributed by atoms with E-state index in [0.29, 0.717) is 12.1 Å². The highest BCUT2D eigenvalue weighted by molar-refractivity contribution is 5.94. The molecule has 1 aromatic carbocycles. The zero-order valence-corrected chi connectivity index (χ0v) is 16.9. The summed E-state index contributed by atoms with van der Waals surface area (Å²) in [5.74, 6) is -0.173. The molecule has 2 aliphatic heterocycles. The van der Waals surface area contributed by atoms with Crippen molar-refractivity contribution in [1.29, 1.82) is 0 Å². The number of nitrogens with one attached hydrogen (secondary N) is 1. The molecule has 2 aliphatic rings. The normalized spacial score (nSPS) is 29.0. The SMILES string of the molecule is CN1CCN([C@@H]2[C@H](O)[C@H](CO)O[C@@H]2CNC(=O)c2ccc(N(C)C)cc2)CC1.